The van der Waals surface area contributed by atoms with Gasteiger partial charge in [-0.2, -0.15) is 11.8 Å². The van der Waals surface area contributed by atoms with Crippen LogP contribution in [0.25, 0.3) is 0 Å². The highest BCUT2D eigenvalue weighted by Crippen LogP contribution is 2.33. The van der Waals surface area contributed by atoms with Crippen molar-refractivity contribution in [3.05, 3.63) is 23.3 Å². The number of nitrogens with zero attached hydrogens (tertiary/aromatic N) is 1. The molecule has 1 aliphatic heterocycles. The van der Waals surface area contributed by atoms with E-state index in [1.165, 1.54) is 19.2 Å². The van der Waals surface area contributed by atoms with Crippen LogP contribution >= 0.6 is 11.8 Å². The Morgan fingerprint density at radius 1 is 1.41 bits per heavy atom. The molecule has 0 saturated carbocycles. The van der Waals surface area contributed by atoms with Gasteiger partial charge in [0.15, 0.2) is 0 Å². The summed E-state index contributed by atoms with van der Waals surface area (Å²) in [5.74, 6) is -2.76. The molecule has 0 bridgehead atoms. The van der Waals surface area contributed by atoms with E-state index in [4.69, 9.17) is 4.74 Å². The number of phenols is 1. The van der Waals surface area contributed by atoms with E-state index in [1.54, 1.807) is 0 Å². The van der Waals surface area contributed by atoms with Crippen LogP contribution in [0.4, 0.5) is 0 Å². The zero-order chi connectivity index (χ0) is 20.1. The second kappa shape index (κ2) is 8.97. The summed E-state index contributed by atoms with van der Waals surface area (Å²) < 4.78 is 4.91. The van der Waals surface area contributed by atoms with Crippen LogP contribution in [-0.4, -0.2) is 74.7 Å². The number of carboxylic acids is 1. The summed E-state index contributed by atoms with van der Waals surface area (Å²) in [6.45, 7) is 0.242. The minimum Gasteiger partial charge on any atom is -0.507 e. The van der Waals surface area contributed by atoms with Crippen LogP contribution in [0.3, 0.4) is 0 Å². The maximum atomic E-state index is 12.0. The van der Waals surface area contributed by atoms with Crippen LogP contribution in [0, 0.1) is 0 Å². The fraction of sp³-hybridized carbons (Fsp3) is 0.400. The lowest BCUT2D eigenvalue weighted by atomic mass is 9.81. The molecule has 1 aliphatic rings. The van der Waals surface area contributed by atoms with E-state index in [0.717, 1.165) is 16.8 Å². The average Bonchev–Trinajstić information content (AvgIpc) is 3.05. The highest BCUT2D eigenvalue weighted by Gasteiger charge is 2.30. The summed E-state index contributed by atoms with van der Waals surface area (Å²) in [5, 5.41) is 38.9. The number of hydrogen-bond acceptors (Lipinski definition) is 8. The van der Waals surface area contributed by atoms with Gasteiger partial charge in [0.25, 0.3) is 5.91 Å². The van der Waals surface area contributed by atoms with E-state index >= 15 is 0 Å². The number of carbonyl (C=O) groups is 3. The summed E-state index contributed by atoms with van der Waals surface area (Å²) in [6.07, 6.45) is 0.109. The van der Waals surface area contributed by atoms with Gasteiger partial charge in [0.2, 0.25) is 5.91 Å². The number of hydrazine groups is 1. The summed E-state index contributed by atoms with van der Waals surface area (Å²) in [6, 6.07) is 2.77. The number of carboxylic acid groups (broad SMARTS) is 1. The van der Waals surface area contributed by atoms with Crippen LogP contribution in [-0.2, 0) is 16.0 Å². The fourth-order valence-corrected chi connectivity index (χ4v) is 3.53. The molecular weight excluding hydrogens is 379 g/mol. The molecule has 2 amide bonds. The van der Waals surface area contributed by atoms with Crippen LogP contribution in [0.5, 0.6) is 11.5 Å². The minimum absolute atomic E-state index is 0.0301. The number of benzene rings is 1. The Kier molecular flexibility index (Phi) is 6.94. The third kappa shape index (κ3) is 5.05. The van der Waals surface area contributed by atoms with Crippen molar-refractivity contribution in [3.63, 3.8) is 0 Å². The van der Waals surface area contributed by atoms with Gasteiger partial charge in [-0.15, -0.1) is 0 Å². The van der Waals surface area contributed by atoms with Gasteiger partial charge in [0, 0.05) is 11.6 Å². The van der Waals surface area contributed by atoms with Crippen molar-refractivity contribution in [2.45, 2.75) is 18.0 Å². The maximum Gasteiger partial charge on any atom is 0.465 e. The number of ether oxygens (including phenoxy) is 1. The Morgan fingerprint density at radius 3 is 2.63 bits per heavy atom. The minimum atomic E-state index is -1.81. The molecule has 10 nitrogen and oxygen atoms in total. The molecule has 5 N–H and O–H groups in total. The van der Waals surface area contributed by atoms with Crippen LogP contribution in [0.2, 0.25) is 0 Å². The molecular formula is C15H19BN2O8S. The second-order valence-corrected chi connectivity index (χ2v) is 6.98. The van der Waals surface area contributed by atoms with Crippen molar-refractivity contribution in [2.75, 3.05) is 19.4 Å². The Hall–Kier alpha value is -2.44. The van der Waals surface area contributed by atoms with Gasteiger partial charge < -0.3 is 25.0 Å². The first-order valence-corrected chi connectivity index (χ1v) is 8.99. The molecule has 1 saturated heterocycles. The fourth-order valence-electron chi connectivity index (χ4n) is 2.54. The van der Waals surface area contributed by atoms with Crippen LogP contribution < -0.4 is 10.2 Å². The average molecular weight is 398 g/mol. The number of rotatable bonds is 8. The van der Waals surface area contributed by atoms with Gasteiger partial charge in [0.1, 0.15) is 17.1 Å². The standard InChI is InChI=1S/C15H19BN2O8S/c1-26-9-3-2-8(14(21)13(9)15(22)23)6-10(16(24)25)27-7-12(20)18-5-4-11(19)17-18/h2-3,10,21,24-25H,4-7H2,1H3,(H,17,19)(H,22,23)/t10-/m0/s1. The van der Waals surface area contributed by atoms with Crippen molar-refractivity contribution in [2.24, 2.45) is 0 Å². The van der Waals surface area contributed by atoms with Gasteiger partial charge in [-0.1, -0.05) is 6.07 Å². The molecule has 12 heteroatoms. The number of methoxy groups -OCH3 is 1. The van der Waals surface area contributed by atoms with E-state index in [9.17, 15) is 34.6 Å². The third-order valence-corrected chi connectivity index (χ3v) is 5.21. The first kappa shape index (κ1) is 20.9. The molecule has 0 aliphatic carbocycles. The molecule has 27 heavy (non-hydrogen) atoms. The molecule has 1 heterocycles. The summed E-state index contributed by atoms with van der Waals surface area (Å²) in [5.41, 5.74) is 2.12. The quantitative estimate of drug-likeness (QED) is 0.347. The van der Waals surface area contributed by atoms with E-state index in [0.29, 0.717) is 0 Å². The molecule has 0 radical (unpaired) electrons. The van der Waals surface area contributed by atoms with Gasteiger partial charge in [-0.05, 0) is 18.1 Å². The van der Waals surface area contributed by atoms with Gasteiger partial charge in [-0.3, -0.25) is 20.0 Å². The first-order valence-electron chi connectivity index (χ1n) is 7.94. The number of nitrogens with one attached hydrogen (secondary N) is 1. The Labute approximate surface area is 159 Å². The topological polar surface area (TPSA) is 157 Å². The molecule has 1 atom stereocenters. The molecule has 0 aromatic heterocycles. The summed E-state index contributed by atoms with van der Waals surface area (Å²) >= 11 is 0.921. The summed E-state index contributed by atoms with van der Waals surface area (Å²) in [4.78, 5) is 34.5. The normalized spacial score (nSPS) is 14.6. The maximum absolute atomic E-state index is 12.0. The third-order valence-electron chi connectivity index (χ3n) is 3.95. The van der Waals surface area contributed by atoms with Gasteiger partial charge in [0.05, 0.1) is 19.4 Å². The van der Waals surface area contributed by atoms with E-state index in [-0.39, 0.29) is 42.4 Å². The van der Waals surface area contributed by atoms with Crippen molar-refractivity contribution in [1.29, 1.82) is 0 Å². The lowest BCUT2D eigenvalue weighted by Crippen LogP contribution is -2.40. The number of aromatic carboxylic acids is 1. The van der Waals surface area contributed by atoms with E-state index < -0.39 is 35.5 Å². The van der Waals surface area contributed by atoms with Gasteiger partial charge in [-0.25, -0.2) is 4.79 Å². The predicted molar refractivity (Wildman–Crippen MR) is 96.2 cm³/mol. The van der Waals surface area contributed by atoms with E-state index in [2.05, 4.69) is 5.43 Å². The molecule has 146 valence electrons. The number of amides is 2. The van der Waals surface area contributed by atoms with Crippen LogP contribution in [0.15, 0.2) is 12.1 Å². The van der Waals surface area contributed by atoms with Gasteiger partial charge >= 0.3 is 13.1 Å². The second-order valence-electron chi connectivity index (χ2n) is 5.75. The summed E-state index contributed by atoms with van der Waals surface area (Å²) in [7, 11) is -0.550. The van der Waals surface area contributed by atoms with Crippen LogP contribution in [0.1, 0.15) is 22.3 Å². The Morgan fingerprint density at radius 2 is 2.11 bits per heavy atom. The number of carbonyl (C=O) groups excluding carboxylic acids is 2. The zero-order valence-electron chi connectivity index (χ0n) is 14.4. The highest BCUT2D eigenvalue weighted by atomic mass is 32.2. The number of aromatic hydroxyl groups is 1. The largest absolute Gasteiger partial charge is 0.507 e. The molecule has 1 fully saturated rings. The molecule has 0 spiro atoms. The Balaban J connectivity index is 2.10. The number of hydrogen-bond donors (Lipinski definition) is 5. The Bertz CT molecular complexity index is 745. The van der Waals surface area contributed by atoms with Crippen molar-refractivity contribution in [1.82, 2.24) is 10.4 Å². The molecule has 1 aromatic rings. The van der Waals surface area contributed by atoms with Crippen molar-refractivity contribution < 1.29 is 39.4 Å². The predicted octanol–water partition coefficient (Wildman–Crippen LogP) is -0.981. The zero-order valence-corrected chi connectivity index (χ0v) is 15.2. The van der Waals surface area contributed by atoms with E-state index in [1.807, 2.05) is 0 Å². The smallest absolute Gasteiger partial charge is 0.465 e. The first-order chi connectivity index (χ1) is 12.7. The molecule has 1 aromatic carbocycles. The van der Waals surface area contributed by atoms with Crippen molar-refractivity contribution in [3.8, 4) is 11.5 Å². The van der Waals surface area contributed by atoms with Crippen molar-refractivity contribution >= 4 is 36.7 Å². The monoisotopic (exact) mass is 398 g/mol. The molecule has 2 rings (SSSR count). The highest BCUT2D eigenvalue weighted by molar-refractivity contribution is 8.01. The SMILES string of the molecule is COc1ccc(C[C@H](SCC(=O)N2CCC(=O)N2)B(O)O)c(O)c1C(=O)O. The lowest BCUT2D eigenvalue weighted by Gasteiger charge is -2.19. The number of thioether (sulfide) groups is 1. The molecule has 0 unspecified atom stereocenters. The lowest BCUT2D eigenvalue weighted by molar-refractivity contribution is -0.133.